The number of epoxide rings is 1. The second kappa shape index (κ2) is 7.89. The van der Waals surface area contributed by atoms with Crippen molar-refractivity contribution >= 4 is 12.1 Å². The monoisotopic (exact) mass is 377 g/mol. The molecular weight excluding hydrogens is 346 g/mol. The van der Waals surface area contributed by atoms with Crippen LogP contribution in [0.25, 0.3) is 0 Å². The van der Waals surface area contributed by atoms with E-state index in [0.29, 0.717) is 12.8 Å². The first-order chi connectivity index (χ1) is 12.6. The number of hydrogen-bond acceptors (Lipinski definition) is 5. The molecule has 6 heteroatoms. The third kappa shape index (κ3) is 4.61. The van der Waals surface area contributed by atoms with Crippen molar-refractivity contribution in [1.29, 1.82) is 0 Å². The Morgan fingerprint density at radius 3 is 2.33 bits per heavy atom. The van der Waals surface area contributed by atoms with Crippen LogP contribution in [0.15, 0.2) is 30.3 Å². The molecule has 1 aromatic rings. The van der Waals surface area contributed by atoms with Gasteiger partial charge in [-0.05, 0) is 53.0 Å². The molecule has 1 aromatic carbocycles. The summed E-state index contributed by atoms with van der Waals surface area (Å²) in [6, 6.07) is 9.35. The van der Waals surface area contributed by atoms with Gasteiger partial charge in [0, 0.05) is 0 Å². The fourth-order valence-electron chi connectivity index (χ4n) is 3.51. The molecule has 150 valence electrons. The first-order valence-electron chi connectivity index (χ1n) is 9.49. The standard InChI is InChI=1S/C21H31NO5/c1-7-21(20(6,27-21)17(23)25-8-2)16(14-15-12-10-9-11-13-15)22-18(24)26-19(3,4)5/h9-13,16H,7-8,14H2,1-6H3,(H,22,24)/t16?,20-,21?/m1/s1. The number of benzene rings is 1. The number of rotatable bonds is 7. The Kier molecular flexibility index (Phi) is 6.20. The lowest BCUT2D eigenvalue weighted by atomic mass is 9.82. The second-order valence-corrected chi connectivity index (χ2v) is 7.99. The van der Waals surface area contributed by atoms with Crippen LogP contribution in [0.5, 0.6) is 0 Å². The number of nitrogens with one attached hydrogen (secondary N) is 1. The van der Waals surface area contributed by atoms with Crippen molar-refractivity contribution < 1.29 is 23.8 Å². The van der Waals surface area contributed by atoms with E-state index < -0.39 is 34.9 Å². The van der Waals surface area contributed by atoms with Gasteiger partial charge < -0.3 is 19.5 Å². The van der Waals surface area contributed by atoms with Gasteiger partial charge in [0.15, 0.2) is 5.60 Å². The normalized spacial score (nSPS) is 25.4. The molecule has 0 bridgehead atoms. The molecule has 1 fully saturated rings. The van der Waals surface area contributed by atoms with Crippen molar-refractivity contribution in [3.8, 4) is 0 Å². The first-order valence-corrected chi connectivity index (χ1v) is 9.49. The largest absolute Gasteiger partial charge is 0.464 e. The summed E-state index contributed by atoms with van der Waals surface area (Å²) in [5, 5.41) is 2.93. The minimum absolute atomic E-state index is 0.278. The number of alkyl carbamates (subject to hydrolysis) is 1. The van der Waals surface area contributed by atoms with Gasteiger partial charge in [-0.1, -0.05) is 37.3 Å². The molecule has 1 aliphatic rings. The number of hydrogen-bond donors (Lipinski definition) is 1. The van der Waals surface area contributed by atoms with E-state index >= 15 is 0 Å². The van der Waals surface area contributed by atoms with E-state index in [1.54, 1.807) is 13.8 Å². The van der Waals surface area contributed by atoms with E-state index in [2.05, 4.69) is 5.32 Å². The predicted octanol–water partition coefficient (Wildman–Crippen LogP) is 3.62. The summed E-state index contributed by atoms with van der Waals surface area (Å²) in [5.41, 5.74) is -1.51. The highest BCUT2D eigenvalue weighted by atomic mass is 16.7. The summed E-state index contributed by atoms with van der Waals surface area (Å²) in [7, 11) is 0. The Morgan fingerprint density at radius 1 is 1.19 bits per heavy atom. The lowest BCUT2D eigenvalue weighted by Gasteiger charge is -2.28. The molecule has 1 N–H and O–H groups in total. The number of carbonyl (C=O) groups is 2. The molecule has 0 aromatic heterocycles. The van der Waals surface area contributed by atoms with Crippen molar-refractivity contribution in [2.45, 2.75) is 77.2 Å². The maximum absolute atomic E-state index is 12.5. The number of carbonyl (C=O) groups excluding carboxylic acids is 2. The van der Waals surface area contributed by atoms with Gasteiger partial charge in [-0.2, -0.15) is 0 Å². The molecule has 2 rings (SSSR count). The van der Waals surface area contributed by atoms with Gasteiger partial charge in [-0.3, -0.25) is 0 Å². The Morgan fingerprint density at radius 2 is 1.81 bits per heavy atom. The average molecular weight is 377 g/mol. The summed E-state index contributed by atoms with van der Waals surface area (Å²) in [6.07, 6.45) is 0.538. The van der Waals surface area contributed by atoms with E-state index in [-0.39, 0.29) is 6.61 Å². The topological polar surface area (TPSA) is 77.2 Å². The molecule has 27 heavy (non-hydrogen) atoms. The van der Waals surface area contributed by atoms with E-state index in [0.717, 1.165) is 5.56 Å². The second-order valence-electron chi connectivity index (χ2n) is 7.99. The number of esters is 1. The van der Waals surface area contributed by atoms with Crippen LogP contribution in [0, 0.1) is 0 Å². The smallest absolute Gasteiger partial charge is 0.407 e. The maximum atomic E-state index is 12.5. The number of ether oxygens (including phenoxy) is 3. The molecule has 1 saturated heterocycles. The van der Waals surface area contributed by atoms with E-state index in [1.807, 2.05) is 58.0 Å². The molecule has 6 nitrogen and oxygen atoms in total. The third-order valence-corrected chi connectivity index (χ3v) is 4.88. The molecule has 0 aliphatic carbocycles. The fraction of sp³-hybridized carbons (Fsp3) is 0.619. The number of amides is 1. The highest BCUT2D eigenvalue weighted by Crippen LogP contribution is 2.54. The van der Waals surface area contributed by atoms with Crippen LogP contribution in [-0.2, 0) is 25.4 Å². The van der Waals surface area contributed by atoms with Crippen molar-refractivity contribution in [1.82, 2.24) is 5.32 Å². The van der Waals surface area contributed by atoms with Gasteiger partial charge in [-0.15, -0.1) is 0 Å². The molecular formula is C21H31NO5. The Labute approximate surface area is 161 Å². The summed E-state index contributed by atoms with van der Waals surface area (Å²) in [5.74, 6) is -0.407. The Hall–Kier alpha value is -2.08. The molecule has 1 heterocycles. The maximum Gasteiger partial charge on any atom is 0.407 e. The van der Waals surface area contributed by atoms with E-state index in [9.17, 15) is 9.59 Å². The van der Waals surface area contributed by atoms with Crippen molar-refractivity contribution in [2.75, 3.05) is 6.61 Å². The minimum atomic E-state index is -1.09. The lowest BCUT2D eigenvalue weighted by Crippen LogP contribution is -2.52. The Balaban J connectivity index is 2.28. The zero-order chi connectivity index (χ0) is 20.3. The van der Waals surface area contributed by atoms with Gasteiger partial charge in [0.2, 0.25) is 0 Å². The summed E-state index contributed by atoms with van der Waals surface area (Å²) in [4.78, 5) is 24.9. The van der Waals surface area contributed by atoms with Gasteiger partial charge in [0.25, 0.3) is 0 Å². The van der Waals surface area contributed by atoms with Crippen LogP contribution in [0.4, 0.5) is 4.79 Å². The highest BCUT2D eigenvalue weighted by molar-refractivity contribution is 5.85. The van der Waals surface area contributed by atoms with Crippen LogP contribution in [-0.4, -0.2) is 41.5 Å². The van der Waals surface area contributed by atoms with Gasteiger partial charge in [-0.25, -0.2) is 9.59 Å². The molecule has 0 saturated carbocycles. The fourth-order valence-corrected chi connectivity index (χ4v) is 3.51. The minimum Gasteiger partial charge on any atom is -0.464 e. The van der Waals surface area contributed by atoms with E-state index in [1.165, 1.54) is 0 Å². The quantitative estimate of drug-likeness (QED) is 0.580. The summed E-state index contributed by atoms with van der Waals surface area (Å²) < 4.78 is 16.6. The molecule has 2 unspecified atom stereocenters. The zero-order valence-electron chi connectivity index (χ0n) is 17.1. The van der Waals surface area contributed by atoms with Crippen molar-refractivity contribution in [2.24, 2.45) is 0 Å². The average Bonchev–Trinajstić information content (AvgIpc) is 3.22. The zero-order valence-corrected chi connectivity index (χ0v) is 17.1. The van der Waals surface area contributed by atoms with Crippen LogP contribution in [0.3, 0.4) is 0 Å². The van der Waals surface area contributed by atoms with Crippen LogP contribution >= 0.6 is 0 Å². The molecule has 0 radical (unpaired) electrons. The van der Waals surface area contributed by atoms with Crippen molar-refractivity contribution in [3.63, 3.8) is 0 Å². The van der Waals surface area contributed by atoms with Crippen molar-refractivity contribution in [3.05, 3.63) is 35.9 Å². The SMILES string of the molecule is CCOC(=O)[C@@]1(C)OC1(CC)C(Cc1ccccc1)NC(=O)OC(C)(C)C. The van der Waals surface area contributed by atoms with E-state index in [4.69, 9.17) is 14.2 Å². The predicted molar refractivity (Wildman–Crippen MR) is 102 cm³/mol. The van der Waals surface area contributed by atoms with Crippen LogP contribution < -0.4 is 5.32 Å². The summed E-state index contributed by atoms with van der Waals surface area (Å²) in [6.45, 7) is 11.1. The molecule has 0 spiro atoms. The van der Waals surface area contributed by atoms with Gasteiger partial charge in [0.1, 0.15) is 11.2 Å². The van der Waals surface area contributed by atoms with Gasteiger partial charge >= 0.3 is 12.1 Å². The van der Waals surface area contributed by atoms with Crippen LogP contribution in [0.2, 0.25) is 0 Å². The Bertz CT molecular complexity index is 669. The lowest BCUT2D eigenvalue weighted by molar-refractivity contribution is -0.148. The summed E-state index contributed by atoms with van der Waals surface area (Å²) >= 11 is 0. The highest BCUT2D eigenvalue weighted by Gasteiger charge is 2.75. The molecule has 1 aliphatic heterocycles. The first kappa shape index (κ1) is 21.2. The molecule has 1 amide bonds. The molecule has 3 atom stereocenters. The van der Waals surface area contributed by atoms with Crippen LogP contribution in [0.1, 0.15) is 53.5 Å². The third-order valence-electron chi connectivity index (χ3n) is 4.88. The van der Waals surface area contributed by atoms with Gasteiger partial charge in [0.05, 0.1) is 12.6 Å².